The van der Waals surface area contributed by atoms with Gasteiger partial charge in [0.15, 0.2) is 11.5 Å². The molecule has 0 aliphatic carbocycles. The molecule has 2 N–H and O–H groups in total. The monoisotopic (exact) mass is 481 g/mol. The summed E-state index contributed by atoms with van der Waals surface area (Å²) in [5, 5.41) is 12.5. The molecule has 0 spiro atoms. The number of carbonyl (C=O) groups excluding carboxylic acids is 3. The largest absolute Gasteiger partial charge is 0.508 e. The summed E-state index contributed by atoms with van der Waals surface area (Å²) < 4.78 is 20.8. The molecule has 0 heterocycles. The normalized spacial score (nSPS) is 13.5. The summed E-state index contributed by atoms with van der Waals surface area (Å²) in [5.74, 6) is -1.89. The zero-order valence-corrected chi connectivity index (χ0v) is 20.6. The van der Waals surface area contributed by atoms with E-state index in [1.165, 1.54) is 12.1 Å². The molecule has 1 aromatic carbocycles. The maximum atomic E-state index is 11.9. The fraction of sp³-hybridized carbons (Fsp3) is 0.583. The predicted octanol–water partition coefficient (Wildman–Crippen LogP) is 3.49. The Morgan fingerprint density at radius 2 is 1.50 bits per heavy atom. The molecule has 2 unspecified atom stereocenters. The van der Waals surface area contributed by atoms with Gasteiger partial charge in [-0.25, -0.2) is 4.79 Å². The summed E-state index contributed by atoms with van der Waals surface area (Å²) in [6, 6.07) is 3.49. The van der Waals surface area contributed by atoms with E-state index >= 15 is 0 Å². The molecule has 0 saturated heterocycles. The van der Waals surface area contributed by atoms with Gasteiger partial charge in [-0.2, -0.15) is 0 Å². The first-order valence-electron chi connectivity index (χ1n) is 11.3. The second-order valence-corrected chi connectivity index (χ2v) is 8.18. The van der Waals surface area contributed by atoms with Crippen LogP contribution in [0.3, 0.4) is 0 Å². The number of nitrogens with one attached hydrogen (secondary N) is 1. The van der Waals surface area contributed by atoms with Crippen LogP contribution in [0.4, 0.5) is 4.79 Å². The van der Waals surface area contributed by atoms with Gasteiger partial charge in [0.2, 0.25) is 0 Å². The van der Waals surface area contributed by atoms with Crippen molar-refractivity contribution < 1.29 is 43.2 Å². The number of aliphatic carboxylic acids is 1. The Morgan fingerprint density at radius 1 is 0.912 bits per heavy atom. The highest BCUT2D eigenvalue weighted by atomic mass is 16.7. The Bertz CT molecular complexity index is 853. The fourth-order valence-corrected chi connectivity index (χ4v) is 2.55. The van der Waals surface area contributed by atoms with E-state index in [-0.39, 0.29) is 49.3 Å². The van der Waals surface area contributed by atoms with Crippen LogP contribution in [0.25, 0.3) is 0 Å². The Hall–Kier alpha value is -3.14. The summed E-state index contributed by atoms with van der Waals surface area (Å²) >= 11 is 0. The summed E-state index contributed by atoms with van der Waals surface area (Å²) in [5.41, 5.74) is 0.536. The van der Waals surface area contributed by atoms with Gasteiger partial charge in [0.1, 0.15) is 18.2 Å². The van der Waals surface area contributed by atoms with Crippen molar-refractivity contribution in [3.05, 3.63) is 23.8 Å². The first kappa shape index (κ1) is 28.9. The molecular formula is C24H35NO9. The number of hydrogen-bond acceptors (Lipinski definition) is 9. The van der Waals surface area contributed by atoms with Crippen LogP contribution < -0.4 is 14.8 Å². The van der Waals surface area contributed by atoms with Gasteiger partial charge in [-0.1, -0.05) is 33.8 Å². The van der Waals surface area contributed by atoms with E-state index < -0.39 is 36.2 Å². The van der Waals surface area contributed by atoms with Crippen LogP contribution in [0, 0.1) is 5.92 Å². The van der Waals surface area contributed by atoms with Crippen molar-refractivity contribution in [1.82, 2.24) is 5.32 Å². The number of hydrogen-bond donors (Lipinski definition) is 2. The molecule has 3 atom stereocenters. The Morgan fingerprint density at radius 3 is 2.03 bits per heavy atom. The Labute approximate surface area is 199 Å². The molecule has 0 fully saturated rings. The van der Waals surface area contributed by atoms with Crippen LogP contribution in [-0.4, -0.2) is 54.0 Å². The first-order chi connectivity index (χ1) is 16.0. The van der Waals surface area contributed by atoms with Gasteiger partial charge in [0.05, 0.1) is 0 Å². The third-order valence-electron chi connectivity index (χ3n) is 4.94. The van der Waals surface area contributed by atoms with Crippen molar-refractivity contribution >= 4 is 24.1 Å². The van der Waals surface area contributed by atoms with Crippen LogP contribution in [0.15, 0.2) is 18.2 Å². The van der Waals surface area contributed by atoms with Crippen LogP contribution in [0.5, 0.6) is 11.5 Å². The standard InChI is InChI=1S/C24H35NO9/c1-7-21(26)33-19-10-9-17(12-20(19)34-22(27)8-2)11-18(23(28)29)25-13-15(5)31-24(30)32-16(6)14(3)4/h9-10,12,14-16,18,25H,7-8,11,13H2,1-6H3,(H,28,29)/t15?,16?,18-/m0/s1. The van der Waals surface area contributed by atoms with Crippen LogP contribution in [-0.2, 0) is 30.3 Å². The van der Waals surface area contributed by atoms with Gasteiger partial charge >= 0.3 is 24.1 Å². The van der Waals surface area contributed by atoms with E-state index in [1.807, 2.05) is 13.8 Å². The van der Waals surface area contributed by atoms with Gasteiger partial charge < -0.3 is 29.4 Å². The third kappa shape index (κ3) is 10.2. The van der Waals surface area contributed by atoms with Crippen LogP contribution >= 0.6 is 0 Å². The lowest BCUT2D eigenvalue weighted by Crippen LogP contribution is -2.43. The van der Waals surface area contributed by atoms with Crippen LogP contribution in [0.1, 0.15) is 59.9 Å². The SMILES string of the molecule is CCC(=O)Oc1ccc(C[C@H](NCC(C)OC(=O)OC(C)C(C)C)C(=O)O)cc1OC(=O)CC. The smallest absolute Gasteiger partial charge is 0.480 e. The number of carboxylic acid groups (broad SMARTS) is 1. The average molecular weight is 482 g/mol. The number of ether oxygens (including phenoxy) is 4. The average Bonchev–Trinajstić information content (AvgIpc) is 2.77. The number of esters is 2. The molecule has 34 heavy (non-hydrogen) atoms. The van der Waals surface area contributed by atoms with Gasteiger partial charge in [-0.15, -0.1) is 0 Å². The molecule has 10 heteroatoms. The number of carboxylic acids is 1. The molecule has 0 saturated carbocycles. The highest BCUT2D eigenvalue weighted by molar-refractivity contribution is 5.76. The molecule has 0 bridgehead atoms. The molecule has 0 aliphatic rings. The maximum absolute atomic E-state index is 11.9. The van der Waals surface area contributed by atoms with Gasteiger partial charge in [-0.3, -0.25) is 14.4 Å². The van der Waals surface area contributed by atoms with Crippen molar-refractivity contribution in [2.24, 2.45) is 5.92 Å². The van der Waals surface area contributed by atoms with Gasteiger partial charge in [-0.05, 0) is 43.9 Å². The molecular weight excluding hydrogens is 446 g/mol. The van der Waals surface area contributed by atoms with E-state index in [2.05, 4.69) is 5.32 Å². The maximum Gasteiger partial charge on any atom is 0.508 e. The lowest BCUT2D eigenvalue weighted by atomic mass is 10.0. The second kappa shape index (κ2) is 14.2. The van der Waals surface area contributed by atoms with Crippen molar-refractivity contribution in [2.75, 3.05) is 6.54 Å². The van der Waals surface area contributed by atoms with E-state index in [0.717, 1.165) is 0 Å². The van der Waals surface area contributed by atoms with E-state index in [1.54, 1.807) is 33.8 Å². The molecule has 0 amide bonds. The molecule has 190 valence electrons. The summed E-state index contributed by atoms with van der Waals surface area (Å²) in [4.78, 5) is 47.1. The van der Waals surface area contributed by atoms with E-state index in [9.17, 15) is 24.3 Å². The van der Waals surface area contributed by atoms with E-state index in [4.69, 9.17) is 18.9 Å². The minimum absolute atomic E-state index is 0.0361. The van der Waals surface area contributed by atoms with Crippen molar-refractivity contribution in [3.63, 3.8) is 0 Å². The van der Waals surface area contributed by atoms with Gasteiger partial charge in [0, 0.05) is 19.4 Å². The highest BCUT2D eigenvalue weighted by Crippen LogP contribution is 2.30. The third-order valence-corrected chi connectivity index (χ3v) is 4.94. The second-order valence-electron chi connectivity index (χ2n) is 8.18. The van der Waals surface area contributed by atoms with Crippen molar-refractivity contribution in [2.45, 2.75) is 79.1 Å². The fourth-order valence-electron chi connectivity index (χ4n) is 2.55. The number of benzene rings is 1. The summed E-state index contributed by atoms with van der Waals surface area (Å²) in [6.07, 6.45) is -1.48. The van der Waals surface area contributed by atoms with E-state index in [0.29, 0.717) is 5.56 Å². The summed E-state index contributed by atoms with van der Waals surface area (Å²) in [6.45, 7) is 10.5. The Kier molecular flexibility index (Phi) is 12.1. The minimum atomic E-state index is -1.11. The molecule has 1 rings (SSSR count). The van der Waals surface area contributed by atoms with Crippen LogP contribution in [0.2, 0.25) is 0 Å². The Balaban J connectivity index is 2.84. The first-order valence-corrected chi connectivity index (χ1v) is 11.3. The molecule has 0 aromatic heterocycles. The molecule has 10 nitrogen and oxygen atoms in total. The lowest BCUT2D eigenvalue weighted by molar-refractivity contribution is -0.139. The van der Waals surface area contributed by atoms with Crippen molar-refractivity contribution in [3.8, 4) is 11.5 Å². The quantitative estimate of drug-likeness (QED) is 0.318. The molecule has 0 radical (unpaired) electrons. The van der Waals surface area contributed by atoms with Crippen molar-refractivity contribution in [1.29, 1.82) is 0 Å². The number of rotatable bonds is 13. The predicted molar refractivity (Wildman–Crippen MR) is 123 cm³/mol. The molecule has 1 aromatic rings. The zero-order valence-electron chi connectivity index (χ0n) is 20.6. The number of carbonyl (C=O) groups is 4. The highest BCUT2D eigenvalue weighted by Gasteiger charge is 2.22. The summed E-state index contributed by atoms with van der Waals surface area (Å²) in [7, 11) is 0. The zero-order chi connectivity index (χ0) is 25.8. The molecule has 0 aliphatic heterocycles. The minimum Gasteiger partial charge on any atom is -0.480 e. The lowest BCUT2D eigenvalue weighted by Gasteiger charge is -2.21. The van der Waals surface area contributed by atoms with Gasteiger partial charge in [0.25, 0.3) is 0 Å². The topological polar surface area (TPSA) is 137 Å².